The van der Waals surface area contributed by atoms with E-state index in [2.05, 4.69) is 51.2 Å². The minimum absolute atomic E-state index is 0.207. The van der Waals surface area contributed by atoms with Crippen LogP contribution in [0, 0.1) is 5.92 Å². The molecule has 0 heterocycles. The number of carbonyl (C=O) groups is 1. The molecule has 1 atom stereocenters. The molecule has 0 aromatic rings. The van der Waals surface area contributed by atoms with Crippen molar-refractivity contribution in [3.63, 3.8) is 0 Å². The quantitative estimate of drug-likeness (QED) is 0.422. The lowest BCUT2D eigenvalue weighted by molar-refractivity contribution is -0.122. The van der Waals surface area contributed by atoms with Gasteiger partial charge in [-0.15, -0.1) is 0 Å². The summed E-state index contributed by atoms with van der Waals surface area (Å²) in [6.45, 7) is 13.1. The van der Waals surface area contributed by atoms with E-state index >= 15 is 0 Å². The van der Waals surface area contributed by atoms with Crippen molar-refractivity contribution in [2.24, 2.45) is 5.92 Å². The van der Waals surface area contributed by atoms with Crippen LogP contribution < -0.4 is 0 Å². The fourth-order valence-corrected chi connectivity index (χ4v) is 4.43. The second kappa shape index (κ2) is 12.0. The molecule has 0 saturated carbocycles. The van der Waals surface area contributed by atoms with Crippen molar-refractivity contribution in [3.05, 3.63) is 0 Å². The number of thioether (sulfide) groups is 2. The van der Waals surface area contributed by atoms with Gasteiger partial charge in [0.1, 0.15) is 5.78 Å². The van der Waals surface area contributed by atoms with Gasteiger partial charge < -0.3 is 0 Å². The molecule has 120 valence electrons. The van der Waals surface area contributed by atoms with Crippen molar-refractivity contribution < 1.29 is 4.79 Å². The van der Waals surface area contributed by atoms with Crippen LogP contribution in [0.25, 0.3) is 0 Å². The van der Waals surface area contributed by atoms with E-state index in [1.807, 2.05) is 13.8 Å². The maximum Gasteiger partial charge on any atom is 0.135 e. The van der Waals surface area contributed by atoms with Crippen LogP contribution in [0.4, 0.5) is 0 Å². The highest BCUT2D eigenvalue weighted by Crippen LogP contribution is 2.27. The predicted octanol–water partition coefficient (Wildman–Crippen LogP) is 5.81. The molecular weight excluding hydrogens is 284 g/mol. The summed E-state index contributed by atoms with van der Waals surface area (Å²) in [4.78, 5) is 11.6. The minimum atomic E-state index is 0.207. The van der Waals surface area contributed by atoms with Crippen LogP contribution in [0.3, 0.4) is 0 Å². The molecule has 0 spiro atoms. The van der Waals surface area contributed by atoms with E-state index in [0.29, 0.717) is 11.0 Å². The molecule has 0 bridgehead atoms. The Kier molecular flexibility index (Phi) is 12.2. The third-order valence-electron chi connectivity index (χ3n) is 3.20. The van der Waals surface area contributed by atoms with Crippen LogP contribution in [-0.4, -0.2) is 27.3 Å². The van der Waals surface area contributed by atoms with Gasteiger partial charge in [-0.2, -0.15) is 23.5 Å². The number of ketones is 1. The molecule has 0 amide bonds. The smallest absolute Gasteiger partial charge is 0.135 e. The third kappa shape index (κ3) is 12.1. The van der Waals surface area contributed by atoms with Gasteiger partial charge in [0, 0.05) is 17.6 Å². The fraction of sp³-hybridized carbons (Fsp3) is 0.941. The molecule has 3 heteroatoms. The highest BCUT2D eigenvalue weighted by Gasteiger charge is 2.13. The van der Waals surface area contributed by atoms with Crippen molar-refractivity contribution in [1.29, 1.82) is 0 Å². The first kappa shape index (κ1) is 20.4. The maximum absolute atomic E-state index is 11.6. The van der Waals surface area contributed by atoms with Gasteiger partial charge in [0.15, 0.2) is 0 Å². The van der Waals surface area contributed by atoms with Crippen LogP contribution in [0.2, 0.25) is 0 Å². The second-order valence-corrected chi connectivity index (χ2v) is 9.95. The molecule has 20 heavy (non-hydrogen) atoms. The predicted molar refractivity (Wildman–Crippen MR) is 97.0 cm³/mol. The summed E-state index contributed by atoms with van der Waals surface area (Å²) in [6, 6.07) is 0. The van der Waals surface area contributed by atoms with Crippen LogP contribution in [-0.2, 0) is 4.79 Å². The molecule has 0 aromatic heterocycles. The third-order valence-corrected chi connectivity index (χ3v) is 5.74. The van der Waals surface area contributed by atoms with Gasteiger partial charge in [-0.3, -0.25) is 4.79 Å². The summed E-state index contributed by atoms with van der Waals surface area (Å²) in [6.07, 6.45) is 5.63. The largest absolute Gasteiger partial charge is 0.299 e. The number of unbranched alkanes of at least 4 members (excludes halogenated alkanes) is 1. The Labute approximate surface area is 135 Å². The van der Waals surface area contributed by atoms with Crippen LogP contribution in [0.15, 0.2) is 0 Å². The molecule has 0 saturated heterocycles. The molecule has 1 unspecified atom stereocenters. The van der Waals surface area contributed by atoms with Crippen molar-refractivity contribution in [2.75, 3.05) is 5.75 Å². The number of hydrogen-bond donors (Lipinski definition) is 0. The van der Waals surface area contributed by atoms with Crippen molar-refractivity contribution in [1.82, 2.24) is 0 Å². The SMILES string of the molecule is CC(C)SCCC(CCCCC(=O)C(C)C)SC(C)C. The average molecular weight is 319 g/mol. The van der Waals surface area contributed by atoms with Gasteiger partial charge >= 0.3 is 0 Å². The lowest BCUT2D eigenvalue weighted by Gasteiger charge is -2.19. The van der Waals surface area contributed by atoms with Gasteiger partial charge in [0.05, 0.1) is 0 Å². The van der Waals surface area contributed by atoms with Gasteiger partial charge in [-0.1, -0.05) is 48.0 Å². The van der Waals surface area contributed by atoms with Gasteiger partial charge in [-0.25, -0.2) is 0 Å². The van der Waals surface area contributed by atoms with Crippen molar-refractivity contribution >= 4 is 29.3 Å². The summed E-state index contributed by atoms with van der Waals surface area (Å²) in [5, 5.41) is 2.22. The number of rotatable bonds is 12. The van der Waals surface area contributed by atoms with E-state index in [0.717, 1.165) is 23.3 Å². The van der Waals surface area contributed by atoms with E-state index in [9.17, 15) is 4.79 Å². The molecule has 1 nitrogen and oxygen atoms in total. The number of hydrogen-bond acceptors (Lipinski definition) is 3. The van der Waals surface area contributed by atoms with E-state index in [4.69, 9.17) is 0 Å². The Bertz CT molecular complexity index is 249. The van der Waals surface area contributed by atoms with Crippen LogP contribution in [0.1, 0.15) is 73.6 Å². The molecule has 0 aromatic carbocycles. The zero-order valence-corrected chi connectivity index (χ0v) is 15.9. The summed E-state index contributed by atoms with van der Waals surface area (Å²) < 4.78 is 0. The lowest BCUT2D eigenvalue weighted by atomic mass is 10.0. The first-order valence-electron chi connectivity index (χ1n) is 8.12. The molecule has 0 aliphatic rings. The maximum atomic E-state index is 11.6. The van der Waals surface area contributed by atoms with Crippen LogP contribution in [0.5, 0.6) is 0 Å². The Morgan fingerprint density at radius 2 is 1.55 bits per heavy atom. The Hall–Kier alpha value is 0.370. The van der Waals surface area contributed by atoms with E-state index in [1.165, 1.54) is 25.0 Å². The summed E-state index contributed by atoms with van der Waals surface area (Å²) >= 11 is 4.19. The van der Waals surface area contributed by atoms with Gasteiger partial charge in [0.2, 0.25) is 0 Å². The van der Waals surface area contributed by atoms with Crippen LogP contribution >= 0.6 is 23.5 Å². The minimum Gasteiger partial charge on any atom is -0.299 e. The van der Waals surface area contributed by atoms with E-state index in [-0.39, 0.29) is 5.92 Å². The zero-order chi connectivity index (χ0) is 15.5. The highest BCUT2D eigenvalue weighted by atomic mass is 32.2. The summed E-state index contributed by atoms with van der Waals surface area (Å²) in [5.41, 5.74) is 0. The molecule has 0 N–H and O–H groups in total. The molecule has 0 aliphatic carbocycles. The number of carbonyl (C=O) groups excluding carboxylic acids is 1. The Morgan fingerprint density at radius 1 is 0.900 bits per heavy atom. The van der Waals surface area contributed by atoms with E-state index < -0.39 is 0 Å². The van der Waals surface area contributed by atoms with Crippen molar-refractivity contribution in [2.45, 2.75) is 89.4 Å². The molecular formula is C17H34OS2. The van der Waals surface area contributed by atoms with Gasteiger partial charge in [0.25, 0.3) is 0 Å². The molecule has 0 aliphatic heterocycles. The molecule has 0 rings (SSSR count). The monoisotopic (exact) mass is 318 g/mol. The second-order valence-electron chi connectivity index (χ2n) is 6.38. The lowest BCUT2D eigenvalue weighted by Crippen LogP contribution is -2.10. The Balaban J connectivity index is 3.88. The average Bonchev–Trinajstić information content (AvgIpc) is 2.32. The first-order valence-corrected chi connectivity index (χ1v) is 10.1. The number of Topliss-reactive ketones (excluding diaryl/α,β-unsaturated/α-hetero) is 1. The fourth-order valence-electron chi connectivity index (χ4n) is 2.06. The highest BCUT2D eigenvalue weighted by molar-refractivity contribution is 8.01. The topological polar surface area (TPSA) is 17.1 Å². The van der Waals surface area contributed by atoms with Crippen molar-refractivity contribution in [3.8, 4) is 0 Å². The first-order chi connectivity index (χ1) is 9.32. The van der Waals surface area contributed by atoms with Gasteiger partial charge in [-0.05, 0) is 35.5 Å². The summed E-state index contributed by atoms with van der Waals surface area (Å²) in [5.74, 6) is 1.90. The van der Waals surface area contributed by atoms with E-state index in [1.54, 1.807) is 0 Å². The molecule has 0 radical (unpaired) electrons. The molecule has 0 fully saturated rings. The zero-order valence-electron chi connectivity index (χ0n) is 14.3. The Morgan fingerprint density at radius 3 is 2.05 bits per heavy atom. The summed E-state index contributed by atoms with van der Waals surface area (Å²) in [7, 11) is 0. The normalized spacial score (nSPS) is 13.4. The standard InChI is InChI=1S/C17H34OS2/c1-13(2)17(18)10-8-7-9-16(20-15(5)6)11-12-19-14(3)4/h13-16H,7-12H2,1-6H3.